The predicted octanol–water partition coefficient (Wildman–Crippen LogP) is 4.77. The quantitative estimate of drug-likeness (QED) is 0.526. The number of aliphatic carboxylic acids is 1. The van der Waals surface area contributed by atoms with Gasteiger partial charge < -0.3 is 9.84 Å². The first-order chi connectivity index (χ1) is 10.1. The number of hydrogen-bond donors (Lipinski definition) is 1. The first kappa shape index (κ1) is 17.3. The number of carboxylic acids is 1. The molecule has 0 bridgehead atoms. The monoisotopic (exact) mass is 290 g/mol. The van der Waals surface area contributed by atoms with Crippen molar-refractivity contribution in [2.45, 2.75) is 46.0 Å². The molecule has 0 aliphatic carbocycles. The summed E-state index contributed by atoms with van der Waals surface area (Å²) >= 11 is 0. The van der Waals surface area contributed by atoms with E-state index in [-0.39, 0.29) is 5.92 Å². The maximum absolute atomic E-state index is 11.6. The number of benzene rings is 1. The summed E-state index contributed by atoms with van der Waals surface area (Å²) in [6.45, 7) is 4.22. The fourth-order valence-corrected chi connectivity index (χ4v) is 2.45. The normalized spacial score (nSPS) is 13.0. The van der Waals surface area contributed by atoms with Crippen LogP contribution in [0.5, 0.6) is 5.75 Å². The number of carbonyl (C=O) groups is 1. The van der Waals surface area contributed by atoms with E-state index in [0.29, 0.717) is 5.57 Å². The van der Waals surface area contributed by atoms with E-state index in [1.807, 2.05) is 24.3 Å². The third-order valence-corrected chi connectivity index (χ3v) is 3.77. The Morgan fingerprint density at radius 1 is 1.24 bits per heavy atom. The van der Waals surface area contributed by atoms with Gasteiger partial charge in [-0.05, 0) is 42.5 Å². The molecule has 1 aromatic rings. The van der Waals surface area contributed by atoms with Crippen LogP contribution >= 0.6 is 0 Å². The lowest BCUT2D eigenvalue weighted by Crippen LogP contribution is -2.12. The van der Waals surface area contributed by atoms with Crippen LogP contribution in [0.3, 0.4) is 0 Å². The number of hydrogen-bond acceptors (Lipinski definition) is 2. The highest BCUT2D eigenvalue weighted by molar-refractivity contribution is 5.92. The van der Waals surface area contributed by atoms with Crippen LogP contribution in [-0.2, 0) is 4.79 Å². The highest BCUT2D eigenvalue weighted by Crippen LogP contribution is 2.25. The van der Waals surface area contributed by atoms with Gasteiger partial charge in [-0.3, -0.25) is 0 Å². The summed E-state index contributed by atoms with van der Waals surface area (Å²) < 4.78 is 5.12. The van der Waals surface area contributed by atoms with Crippen LogP contribution in [-0.4, -0.2) is 18.2 Å². The van der Waals surface area contributed by atoms with Gasteiger partial charge in [-0.1, -0.05) is 45.2 Å². The zero-order valence-electron chi connectivity index (χ0n) is 13.3. The van der Waals surface area contributed by atoms with Gasteiger partial charge >= 0.3 is 5.97 Å². The fourth-order valence-electron chi connectivity index (χ4n) is 2.45. The lowest BCUT2D eigenvalue weighted by Gasteiger charge is -2.16. The Morgan fingerprint density at radius 2 is 1.90 bits per heavy atom. The fraction of sp³-hybridized carbons (Fsp3) is 0.500. The minimum atomic E-state index is -0.811. The molecule has 0 aliphatic heterocycles. The van der Waals surface area contributed by atoms with Crippen molar-refractivity contribution in [2.75, 3.05) is 7.11 Å². The zero-order valence-corrected chi connectivity index (χ0v) is 13.3. The van der Waals surface area contributed by atoms with E-state index >= 15 is 0 Å². The summed E-state index contributed by atoms with van der Waals surface area (Å²) in [7, 11) is 1.62. The molecule has 0 heterocycles. The van der Waals surface area contributed by atoms with Crippen molar-refractivity contribution in [3.8, 4) is 5.75 Å². The molecule has 116 valence electrons. The number of rotatable bonds is 9. The Bertz CT molecular complexity index is 460. The van der Waals surface area contributed by atoms with Crippen LogP contribution in [0, 0.1) is 5.92 Å². The van der Waals surface area contributed by atoms with Crippen LogP contribution in [0.4, 0.5) is 0 Å². The average molecular weight is 290 g/mol. The van der Waals surface area contributed by atoms with Crippen LogP contribution < -0.4 is 4.74 Å². The van der Waals surface area contributed by atoms with Crippen molar-refractivity contribution in [3.05, 3.63) is 35.4 Å². The molecule has 0 saturated heterocycles. The van der Waals surface area contributed by atoms with Crippen molar-refractivity contribution in [3.63, 3.8) is 0 Å². The molecule has 0 amide bonds. The molecule has 3 nitrogen and oxygen atoms in total. The van der Waals surface area contributed by atoms with Crippen molar-refractivity contribution < 1.29 is 14.6 Å². The van der Waals surface area contributed by atoms with Crippen LogP contribution in [0.25, 0.3) is 6.08 Å². The Labute approximate surface area is 127 Å². The third-order valence-electron chi connectivity index (χ3n) is 3.77. The molecule has 0 aliphatic rings. The molecule has 0 saturated carbocycles. The maximum atomic E-state index is 11.6. The van der Waals surface area contributed by atoms with Gasteiger partial charge in [0.25, 0.3) is 0 Å². The lowest BCUT2D eigenvalue weighted by molar-refractivity contribution is -0.133. The van der Waals surface area contributed by atoms with Crippen LogP contribution in [0.2, 0.25) is 0 Å². The SMILES string of the molecule is CCCCCC(CC)/C(=C/c1ccc(OC)cc1)C(=O)O. The second-order valence-corrected chi connectivity index (χ2v) is 5.28. The molecule has 1 atom stereocenters. The summed E-state index contributed by atoms with van der Waals surface area (Å²) in [6.07, 6.45) is 6.99. The van der Waals surface area contributed by atoms with Gasteiger partial charge in [0.15, 0.2) is 0 Å². The number of unbranched alkanes of at least 4 members (excludes halogenated alkanes) is 2. The van der Waals surface area contributed by atoms with Crippen molar-refractivity contribution in [1.82, 2.24) is 0 Å². The topological polar surface area (TPSA) is 46.5 Å². The van der Waals surface area contributed by atoms with E-state index in [4.69, 9.17) is 4.74 Å². The van der Waals surface area contributed by atoms with Crippen molar-refractivity contribution in [1.29, 1.82) is 0 Å². The first-order valence-corrected chi connectivity index (χ1v) is 7.71. The standard InChI is InChI=1S/C18H26O3/c1-4-6-7-8-15(5-2)17(18(19)20)13-14-9-11-16(21-3)12-10-14/h9-13,15H,4-8H2,1-3H3,(H,19,20)/b17-13-. The molecule has 0 aromatic heterocycles. The van der Waals surface area contributed by atoms with Gasteiger partial charge in [-0.25, -0.2) is 4.79 Å². The molecule has 0 spiro atoms. The summed E-state index contributed by atoms with van der Waals surface area (Å²) in [5.41, 5.74) is 1.42. The van der Waals surface area contributed by atoms with Crippen LogP contribution in [0.15, 0.2) is 29.8 Å². The number of ether oxygens (including phenoxy) is 1. The van der Waals surface area contributed by atoms with E-state index in [9.17, 15) is 9.90 Å². The minimum absolute atomic E-state index is 0.121. The van der Waals surface area contributed by atoms with Gasteiger partial charge in [0, 0.05) is 5.57 Å². The van der Waals surface area contributed by atoms with E-state index in [1.54, 1.807) is 13.2 Å². The highest BCUT2D eigenvalue weighted by Gasteiger charge is 2.18. The molecule has 0 fully saturated rings. The molecule has 3 heteroatoms. The summed E-state index contributed by atoms with van der Waals surface area (Å²) in [5.74, 6) is 0.0873. The highest BCUT2D eigenvalue weighted by atomic mass is 16.5. The summed E-state index contributed by atoms with van der Waals surface area (Å²) in [5, 5.41) is 9.50. The summed E-state index contributed by atoms with van der Waals surface area (Å²) in [4.78, 5) is 11.6. The second-order valence-electron chi connectivity index (χ2n) is 5.28. The smallest absolute Gasteiger partial charge is 0.331 e. The molecule has 0 radical (unpaired) electrons. The predicted molar refractivity (Wildman–Crippen MR) is 86.5 cm³/mol. The van der Waals surface area contributed by atoms with Gasteiger partial charge in [0.05, 0.1) is 7.11 Å². The van der Waals surface area contributed by atoms with Crippen molar-refractivity contribution >= 4 is 12.0 Å². The molecule has 1 N–H and O–H groups in total. The Hall–Kier alpha value is -1.77. The zero-order chi connectivity index (χ0) is 15.7. The molecule has 21 heavy (non-hydrogen) atoms. The van der Waals surface area contributed by atoms with Gasteiger partial charge in [0.2, 0.25) is 0 Å². The molecular formula is C18H26O3. The third kappa shape index (κ3) is 5.62. The van der Waals surface area contributed by atoms with E-state index < -0.39 is 5.97 Å². The largest absolute Gasteiger partial charge is 0.497 e. The lowest BCUT2D eigenvalue weighted by atomic mass is 9.89. The Balaban J connectivity index is 2.91. The van der Waals surface area contributed by atoms with E-state index in [2.05, 4.69) is 13.8 Å². The van der Waals surface area contributed by atoms with Crippen LogP contribution in [0.1, 0.15) is 51.5 Å². The molecule has 1 unspecified atom stereocenters. The first-order valence-electron chi connectivity index (χ1n) is 7.71. The summed E-state index contributed by atoms with van der Waals surface area (Å²) in [6, 6.07) is 7.48. The Morgan fingerprint density at radius 3 is 2.38 bits per heavy atom. The molecule has 1 rings (SSSR count). The van der Waals surface area contributed by atoms with Gasteiger partial charge in [0.1, 0.15) is 5.75 Å². The molecule has 1 aromatic carbocycles. The van der Waals surface area contributed by atoms with E-state index in [1.165, 1.54) is 0 Å². The van der Waals surface area contributed by atoms with E-state index in [0.717, 1.165) is 43.4 Å². The van der Waals surface area contributed by atoms with Gasteiger partial charge in [-0.15, -0.1) is 0 Å². The average Bonchev–Trinajstić information content (AvgIpc) is 2.50. The number of carboxylic acid groups (broad SMARTS) is 1. The van der Waals surface area contributed by atoms with Crippen molar-refractivity contribution in [2.24, 2.45) is 5.92 Å². The molecular weight excluding hydrogens is 264 g/mol. The second kappa shape index (κ2) is 9.22. The van der Waals surface area contributed by atoms with Gasteiger partial charge in [-0.2, -0.15) is 0 Å². The Kier molecular flexibility index (Phi) is 7.59. The maximum Gasteiger partial charge on any atom is 0.331 e. The minimum Gasteiger partial charge on any atom is -0.497 e. The number of methoxy groups -OCH3 is 1.